The van der Waals surface area contributed by atoms with Gasteiger partial charge in [0.2, 0.25) is 0 Å². The van der Waals surface area contributed by atoms with Crippen LogP contribution in [0.15, 0.2) is 17.1 Å². The minimum Gasteiger partial charge on any atom is -0.493 e. The molecule has 1 aromatic rings. The second-order valence-electron chi connectivity index (χ2n) is 7.77. The van der Waals surface area contributed by atoms with Crippen LogP contribution in [0.3, 0.4) is 0 Å². The number of ether oxygens (including phenoxy) is 1. The fourth-order valence-electron chi connectivity index (χ4n) is 4.91. The highest BCUT2D eigenvalue weighted by atomic mass is 32.2. The molecule has 2 fully saturated rings. The Labute approximate surface area is 150 Å². The summed E-state index contributed by atoms with van der Waals surface area (Å²) < 4.78 is 19.0. The van der Waals surface area contributed by atoms with Crippen LogP contribution in [0.5, 0.6) is 5.75 Å². The quantitative estimate of drug-likeness (QED) is 0.833. The number of hydrogen-bond acceptors (Lipinski definition) is 4. The highest BCUT2D eigenvalue weighted by Gasteiger charge is 2.51. The summed E-state index contributed by atoms with van der Waals surface area (Å²) in [5.41, 5.74) is 1.16. The van der Waals surface area contributed by atoms with Gasteiger partial charge in [0, 0.05) is 18.0 Å². The number of carbonyl (C=O) groups excluding carboxylic acids is 1. The zero-order chi connectivity index (χ0) is 17.2. The lowest BCUT2D eigenvalue weighted by molar-refractivity contribution is -0.120. The molecular formula is C19H21FN2O2S. The number of halogens is 1. The Hall–Kier alpha value is -1.56. The van der Waals surface area contributed by atoms with Crippen LogP contribution in [0, 0.1) is 24.6 Å². The number of carbonyl (C=O) groups is 1. The van der Waals surface area contributed by atoms with Crippen LogP contribution in [0.4, 0.5) is 4.39 Å². The van der Waals surface area contributed by atoms with Crippen molar-refractivity contribution in [1.29, 1.82) is 0 Å². The Morgan fingerprint density at radius 1 is 1.36 bits per heavy atom. The van der Waals surface area contributed by atoms with Crippen LogP contribution in [-0.4, -0.2) is 23.7 Å². The van der Waals surface area contributed by atoms with Gasteiger partial charge in [-0.1, -0.05) is 18.2 Å². The summed E-state index contributed by atoms with van der Waals surface area (Å²) in [7, 11) is 0. The average molecular weight is 360 g/mol. The summed E-state index contributed by atoms with van der Waals surface area (Å²) in [6.45, 7) is 2.16. The number of aliphatic imine (C=N–C) groups is 1. The van der Waals surface area contributed by atoms with E-state index in [1.54, 1.807) is 13.0 Å². The highest BCUT2D eigenvalue weighted by molar-refractivity contribution is 8.15. The first-order chi connectivity index (χ1) is 12.0. The summed E-state index contributed by atoms with van der Waals surface area (Å²) >= 11 is 1.46. The Morgan fingerprint density at radius 2 is 2.24 bits per heavy atom. The number of thioether (sulfide) groups is 1. The first-order valence-corrected chi connectivity index (χ1v) is 9.89. The largest absolute Gasteiger partial charge is 0.493 e. The average Bonchev–Trinajstić information content (AvgIpc) is 3.26. The normalized spacial score (nSPS) is 35.7. The molecule has 4 atom stereocenters. The maximum atomic E-state index is 14.2. The van der Waals surface area contributed by atoms with Crippen LogP contribution in [0.1, 0.15) is 43.2 Å². The van der Waals surface area contributed by atoms with E-state index in [0.717, 1.165) is 5.92 Å². The molecule has 0 aromatic heterocycles. The van der Waals surface area contributed by atoms with Crippen molar-refractivity contribution in [2.45, 2.75) is 49.8 Å². The molecule has 4 nitrogen and oxygen atoms in total. The Morgan fingerprint density at radius 3 is 3.00 bits per heavy atom. The predicted octanol–water partition coefficient (Wildman–Crippen LogP) is 3.52. The first-order valence-electron chi connectivity index (χ1n) is 9.07. The zero-order valence-corrected chi connectivity index (χ0v) is 15.0. The standard InChI is InChI=1S/C19H21FN2O2S/c1-10-6-16-13(9-14(10)20)19(4-5-24-16)17(23)22-18(25-19)21-15-8-11-2-3-12(15)7-11/h6,9,11-12,15H,2-5,7-8H2,1H3,(H,21,22,23)/t11-,12?,15+,19?/m1/s1. The van der Waals surface area contributed by atoms with Crippen LogP contribution >= 0.6 is 11.8 Å². The fourth-order valence-corrected chi connectivity index (χ4v) is 6.17. The number of rotatable bonds is 1. The van der Waals surface area contributed by atoms with E-state index in [9.17, 15) is 9.18 Å². The summed E-state index contributed by atoms with van der Waals surface area (Å²) in [6.07, 6.45) is 5.63. The van der Waals surface area contributed by atoms with Gasteiger partial charge >= 0.3 is 0 Å². The molecule has 25 heavy (non-hydrogen) atoms. The summed E-state index contributed by atoms with van der Waals surface area (Å²) in [5.74, 6) is 1.67. The van der Waals surface area contributed by atoms with E-state index in [0.29, 0.717) is 47.0 Å². The number of amidine groups is 1. The molecule has 1 amide bonds. The monoisotopic (exact) mass is 360 g/mol. The van der Waals surface area contributed by atoms with Gasteiger partial charge in [-0.25, -0.2) is 4.39 Å². The van der Waals surface area contributed by atoms with Crippen LogP contribution < -0.4 is 10.1 Å². The molecule has 6 heteroatoms. The Balaban J connectivity index is 1.43. The minimum atomic E-state index is -0.831. The molecule has 5 rings (SSSR count). The van der Waals surface area contributed by atoms with E-state index in [1.165, 1.54) is 43.5 Å². The summed E-state index contributed by atoms with van der Waals surface area (Å²) in [5, 5.41) is 4.23. The van der Waals surface area contributed by atoms with Gasteiger partial charge in [0.25, 0.3) is 5.91 Å². The van der Waals surface area contributed by atoms with E-state index >= 15 is 0 Å². The van der Waals surface area contributed by atoms with E-state index in [4.69, 9.17) is 4.74 Å². The van der Waals surface area contributed by atoms with Crippen molar-refractivity contribution in [3.05, 3.63) is 29.1 Å². The van der Waals surface area contributed by atoms with Crippen molar-refractivity contribution in [3.63, 3.8) is 0 Å². The molecule has 2 aliphatic carbocycles. The molecule has 1 N–H and O–H groups in total. The third kappa shape index (κ3) is 2.33. The SMILES string of the molecule is Cc1cc2c(cc1F)C1(CCO2)SC(N[C@H]2C[C@@H]3CCC2C3)=NC1=O. The van der Waals surface area contributed by atoms with Gasteiger partial charge in [-0.15, -0.1) is 0 Å². The minimum absolute atomic E-state index is 0.184. The third-order valence-electron chi connectivity index (χ3n) is 6.27. The first kappa shape index (κ1) is 15.7. The van der Waals surface area contributed by atoms with Crippen molar-refractivity contribution in [1.82, 2.24) is 5.32 Å². The Bertz CT molecular complexity index is 796. The topological polar surface area (TPSA) is 50.7 Å². The number of aryl methyl sites for hydroxylation is 1. The van der Waals surface area contributed by atoms with E-state index in [-0.39, 0.29) is 11.7 Å². The van der Waals surface area contributed by atoms with E-state index < -0.39 is 4.75 Å². The molecule has 2 heterocycles. The smallest absolute Gasteiger partial charge is 0.269 e. The molecule has 0 radical (unpaired) electrons. The van der Waals surface area contributed by atoms with Crippen molar-refractivity contribution >= 4 is 22.8 Å². The molecule has 132 valence electrons. The van der Waals surface area contributed by atoms with Gasteiger partial charge in [-0.2, -0.15) is 4.99 Å². The molecule has 2 aliphatic heterocycles. The second kappa shape index (κ2) is 5.47. The number of hydrogen-bond donors (Lipinski definition) is 1. The van der Waals surface area contributed by atoms with Gasteiger partial charge in [-0.3, -0.25) is 4.79 Å². The van der Waals surface area contributed by atoms with E-state index in [1.807, 2.05) is 0 Å². The number of nitrogens with one attached hydrogen (secondary N) is 1. The van der Waals surface area contributed by atoms with Crippen molar-refractivity contribution < 1.29 is 13.9 Å². The van der Waals surface area contributed by atoms with Crippen molar-refractivity contribution in [2.75, 3.05) is 6.61 Å². The zero-order valence-electron chi connectivity index (χ0n) is 14.2. The third-order valence-corrected chi connectivity index (χ3v) is 7.62. The van der Waals surface area contributed by atoms with Gasteiger partial charge in [0.15, 0.2) is 5.17 Å². The number of benzene rings is 1. The lowest BCUT2D eigenvalue weighted by atomic mass is 9.90. The molecule has 2 bridgehead atoms. The van der Waals surface area contributed by atoms with Gasteiger partial charge in [0.05, 0.1) is 6.61 Å². The van der Waals surface area contributed by atoms with Crippen molar-refractivity contribution in [3.8, 4) is 5.75 Å². The highest BCUT2D eigenvalue weighted by Crippen LogP contribution is 2.52. The lowest BCUT2D eigenvalue weighted by Gasteiger charge is -2.33. The number of amides is 1. The predicted molar refractivity (Wildman–Crippen MR) is 95.3 cm³/mol. The Kier molecular flexibility index (Phi) is 3.43. The maximum absolute atomic E-state index is 14.2. The van der Waals surface area contributed by atoms with Crippen LogP contribution in [0.2, 0.25) is 0 Å². The fraction of sp³-hybridized carbons (Fsp3) is 0.579. The van der Waals surface area contributed by atoms with E-state index in [2.05, 4.69) is 10.3 Å². The summed E-state index contributed by atoms with van der Waals surface area (Å²) in [6, 6.07) is 3.59. The van der Waals surface area contributed by atoms with Gasteiger partial charge < -0.3 is 10.1 Å². The van der Waals surface area contributed by atoms with Gasteiger partial charge in [0.1, 0.15) is 16.3 Å². The number of fused-ring (bicyclic) bond motifs is 4. The lowest BCUT2D eigenvalue weighted by Crippen LogP contribution is -2.38. The number of nitrogens with zero attached hydrogens (tertiary/aromatic N) is 1. The van der Waals surface area contributed by atoms with Crippen LogP contribution in [-0.2, 0) is 9.54 Å². The molecular weight excluding hydrogens is 339 g/mol. The van der Waals surface area contributed by atoms with Crippen LogP contribution in [0.25, 0.3) is 0 Å². The molecule has 4 aliphatic rings. The second-order valence-corrected chi connectivity index (χ2v) is 9.06. The molecule has 1 spiro atoms. The summed E-state index contributed by atoms with van der Waals surface area (Å²) in [4.78, 5) is 17.1. The molecule has 2 saturated carbocycles. The molecule has 0 saturated heterocycles. The molecule has 1 aromatic carbocycles. The molecule has 2 unspecified atom stereocenters. The maximum Gasteiger partial charge on any atom is 0.269 e. The van der Waals surface area contributed by atoms with Gasteiger partial charge in [-0.05, 0) is 55.7 Å². The van der Waals surface area contributed by atoms with Crippen molar-refractivity contribution in [2.24, 2.45) is 16.8 Å².